The van der Waals surface area contributed by atoms with Crippen LogP contribution >= 0.6 is 0 Å². The van der Waals surface area contributed by atoms with Crippen LogP contribution in [-0.4, -0.2) is 61.2 Å². The van der Waals surface area contributed by atoms with Crippen LogP contribution in [0.3, 0.4) is 0 Å². The zero-order valence-corrected chi connectivity index (χ0v) is 25.2. The normalized spacial score (nSPS) is 13.3. The highest BCUT2D eigenvalue weighted by atomic mass is 16.5. The van der Waals surface area contributed by atoms with Gasteiger partial charge in [-0.15, -0.1) is 0 Å². The third kappa shape index (κ3) is 7.69. The Morgan fingerprint density at radius 3 is 2.64 bits per heavy atom. The number of hydrogen-bond acceptors (Lipinski definition) is 9. The number of ether oxygens (including phenoxy) is 3. The van der Waals surface area contributed by atoms with Gasteiger partial charge in [-0.1, -0.05) is 11.6 Å². The largest absolute Gasteiger partial charge is 0.489 e. The maximum atomic E-state index is 13.1. The summed E-state index contributed by atoms with van der Waals surface area (Å²) in [7, 11) is 3.68. The highest BCUT2D eigenvalue weighted by Gasteiger charge is 2.17. The Labute approximate surface area is 257 Å². The molecule has 1 fully saturated rings. The summed E-state index contributed by atoms with van der Waals surface area (Å²) in [6.45, 7) is 4.86. The van der Waals surface area contributed by atoms with Crippen LogP contribution < -0.4 is 20.1 Å². The van der Waals surface area contributed by atoms with E-state index in [4.69, 9.17) is 14.2 Å². The molecular weight excluding hydrogens is 556 g/mol. The Hall–Kier alpha value is -4.98. The number of pyridine rings is 2. The molecular formula is C34H36N6O4. The maximum absolute atomic E-state index is 13.1. The van der Waals surface area contributed by atoms with Gasteiger partial charge in [0, 0.05) is 55.8 Å². The van der Waals surface area contributed by atoms with Crippen LogP contribution in [0.15, 0.2) is 72.6 Å². The molecule has 1 aliphatic heterocycles. The molecule has 226 valence electrons. The van der Waals surface area contributed by atoms with Crippen LogP contribution in [0.4, 0.5) is 17.1 Å². The van der Waals surface area contributed by atoms with Gasteiger partial charge in [-0.05, 0) is 68.8 Å². The standard InChI is InChI=1S/C34H36N6O4/c1-23-16-26(7-8-31(23)44-22-27-6-4-5-11-36-27)38-34-25(20-35)21-37-29-19-32(43-15-14-42-3)30(18-28(29)34)39-33(41)17-24-9-12-40(2)13-10-24/h4-8,11,16-19,21H,9-10,12-15,22H2,1-3H3,(H,37,38)(H,39,41). The van der Waals surface area contributed by atoms with Crippen molar-refractivity contribution in [3.05, 3.63) is 89.4 Å². The monoisotopic (exact) mass is 592 g/mol. The first-order chi connectivity index (χ1) is 21.4. The second-order valence-electron chi connectivity index (χ2n) is 10.7. The molecule has 0 unspecified atom stereocenters. The Balaban J connectivity index is 1.44. The zero-order valence-electron chi connectivity index (χ0n) is 25.2. The van der Waals surface area contributed by atoms with Crippen LogP contribution in [-0.2, 0) is 16.1 Å². The number of carbonyl (C=O) groups excluding carboxylic acids is 1. The minimum Gasteiger partial charge on any atom is -0.489 e. The van der Waals surface area contributed by atoms with Crippen molar-refractivity contribution in [2.75, 3.05) is 51.1 Å². The summed E-state index contributed by atoms with van der Waals surface area (Å²) < 4.78 is 17.1. The van der Waals surface area contributed by atoms with Gasteiger partial charge in [0.15, 0.2) is 0 Å². The average Bonchev–Trinajstić information content (AvgIpc) is 3.03. The number of aryl methyl sites for hydroxylation is 1. The van der Waals surface area contributed by atoms with Crippen molar-refractivity contribution in [1.29, 1.82) is 5.26 Å². The molecule has 2 aromatic carbocycles. The lowest BCUT2D eigenvalue weighted by Gasteiger charge is -2.23. The number of nitriles is 1. The summed E-state index contributed by atoms with van der Waals surface area (Å²) in [5.74, 6) is 0.984. The highest BCUT2D eigenvalue weighted by Crippen LogP contribution is 2.37. The summed E-state index contributed by atoms with van der Waals surface area (Å²) in [5.41, 5.74) is 5.68. The van der Waals surface area contributed by atoms with Gasteiger partial charge < -0.3 is 29.7 Å². The molecule has 1 aliphatic rings. The molecule has 0 aliphatic carbocycles. The molecule has 1 amide bonds. The first-order valence-electron chi connectivity index (χ1n) is 14.5. The minimum atomic E-state index is -0.226. The molecule has 44 heavy (non-hydrogen) atoms. The lowest BCUT2D eigenvalue weighted by molar-refractivity contribution is -0.112. The van der Waals surface area contributed by atoms with E-state index >= 15 is 0 Å². The number of carbonyl (C=O) groups is 1. The summed E-state index contributed by atoms with van der Waals surface area (Å²) in [6, 6.07) is 17.3. The molecule has 3 heterocycles. The predicted molar refractivity (Wildman–Crippen MR) is 170 cm³/mol. The Bertz CT molecular complexity index is 1690. The van der Waals surface area contributed by atoms with E-state index in [1.807, 2.05) is 43.3 Å². The lowest BCUT2D eigenvalue weighted by atomic mass is 10.0. The fraction of sp³-hybridized carbons (Fsp3) is 0.294. The van der Waals surface area contributed by atoms with E-state index in [-0.39, 0.29) is 5.91 Å². The Morgan fingerprint density at radius 1 is 1.07 bits per heavy atom. The number of methoxy groups -OCH3 is 1. The average molecular weight is 593 g/mol. The summed E-state index contributed by atoms with van der Waals surface area (Å²) >= 11 is 0. The van der Waals surface area contributed by atoms with Gasteiger partial charge in [-0.3, -0.25) is 14.8 Å². The molecule has 10 heteroatoms. The second-order valence-corrected chi connectivity index (χ2v) is 10.7. The van der Waals surface area contributed by atoms with E-state index in [0.717, 1.165) is 54.2 Å². The van der Waals surface area contributed by atoms with E-state index in [1.165, 1.54) is 6.20 Å². The first kappa shape index (κ1) is 30.5. The molecule has 0 bridgehead atoms. The third-order valence-electron chi connectivity index (χ3n) is 7.40. The first-order valence-corrected chi connectivity index (χ1v) is 14.5. The predicted octanol–water partition coefficient (Wildman–Crippen LogP) is 5.75. The number of nitrogens with one attached hydrogen (secondary N) is 2. The quantitative estimate of drug-likeness (QED) is 0.166. The Morgan fingerprint density at radius 2 is 1.91 bits per heavy atom. The van der Waals surface area contributed by atoms with E-state index in [2.05, 4.69) is 38.6 Å². The van der Waals surface area contributed by atoms with Gasteiger partial charge in [0.05, 0.1) is 34.8 Å². The van der Waals surface area contributed by atoms with Crippen LogP contribution in [0.2, 0.25) is 0 Å². The van der Waals surface area contributed by atoms with Gasteiger partial charge in [0.2, 0.25) is 5.91 Å². The van der Waals surface area contributed by atoms with Gasteiger partial charge in [0.25, 0.3) is 0 Å². The third-order valence-corrected chi connectivity index (χ3v) is 7.40. The number of aromatic nitrogens is 2. The maximum Gasteiger partial charge on any atom is 0.248 e. The van der Waals surface area contributed by atoms with Gasteiger partial charge in [-0.2, -0.15) is 5.26 Å². The summed E-state index contributed by atoms with van der Waals surface area (Å²) in [4.78, 5) is 24.2. The van der Waals surface area contributed by atoms with Crippen molar-refractivity contribution in [1.82, 2.24) is 14.9 Å². The van der Waals surface area contributed by atoms with Crippen molar-refractivity contribution < 1.29 is 19.0 Å². The molecule has 0 saturated carbocycles. The van der Waals surface area contributed by atoms with Crippen LogP contribution in [0.5, 0.6) is 11.5 Å². The summed E-state index contributed by atoms with van der Waals surface area (Å²) in [5, 5.41) is 17.1. The smallest absolute Gasteiger partial charge is 0.248 e. The fourth-order valence-corrected chi connectivity index (χ4v) is 4.96. The Kier molecular flexibility index (Phi) is 10.0. The fourth-order valence-electron chi connectivity index (χ4n) is 4.96. The topological polar surface area (TPSA) is 122 Å². The number of likely N-dealkylation sites (tertiary alicyclic amines) is 1. The number of nitrogens with zero attached hydrogens (tertiary/aromatic N) is 4. The molecule has 2 aromatic heterocycles. The van der Waals surface area contributed by atoms with Crippen LogP contribution in [0, 0.1) is 18.3 Å². The number of benzene rings is 2. The number of hydrogen-bond donors (Lipinski definition) is 2. The molecule has 5 rings (SSSR count). The zero-order chi connectivity index (χ0) is 30.9. The minimum absolute atomic E-state index is 0.226. The molecule has 4 aromatic rings. The van der Waals surface area contributed by atoms with Crippen LogP contribution in [0.25, 0.3) is 10.9 Å². The number of rotatable bonds is 11. The molecule has 2 N–H and O–H groups in total. The number of amides is 1. The van der Waals surface area contributed by atoms with Crippen molar-refractivity contribution in [3.63, 3.8) is 0 Å². The summed E-state index contributed by atoms with van der Waals surface area (Å²) in [6.07, 6.45) is 6.66. The molecule has 1 saturated heterocycles. The SMILES string of the molecule is COCCOc1cc2ncc(C#N)c(Nc3ccc(OCc4ccccn4)c(C)c3)c2cc1NC(=O)C=C1CCN(C)CC1. The van der Waals surface area contributed by atoms with Crippen molar-refractivity contribution in [3.8, 4) is 17.6 Å². The number of piperidine rings is 1. The molecule has 10 nitrogen and oxygen atoms in total. The number of anilines is 3. The van der Waals surface area contributed by atoms with Crippen LogP contribution in [0.1, 0.15) is 29.7 Å². The van der Waals surface area contributed by atoms with E-state index in [0.29, 0.717) is 53.4 Å². The van der Waals surface area contributed by atoms with E-state index < -0.39 is 0 Å². The van der Waals surface area contributed by atoms with E-state index in [9.17, 15) is 10.1 Å². The lowest BCUT2D eigenvalue weighted by Crippen LogP contribution is -2.27. The van der Waals surface area contributed by atoms with Gasteiger partial charge >= 0.3 is 0 Å². The second kappa shape index (κ2) is 14.5. The van der Waals surface area contributed by atoms with Crippen molar-refractivity contribution in [2.24, 2.45) is 0 Å². The molecule has 0 atom stereocenters. The van der Waals surface area contributed by atoms with Crippen molar-refractivity contribution in [2.45, 2.75) is 26.4 Å². The van der Waals surface area contributed by atoms with Gasteiger partial charge in [-0.25, -0.2) is 0 Å². The highest BCUT2D eigenvalue weighted by molar-refractivity contribution is 6.05. The van der Waals surface area contributed by atoms with Gasteiger partial charge in [0.1, 0.15) is 30.8 Å². The van der Waals surface area contributed by atoms with Crippen molar-refractivity contribution >= 4 is 33.9 Å². The van der Waals surface area contributed by atoms with E-state index in [1.54, 1.807) is 31.5 Å². The number of fused-ring (bicyclic) bond motifs is 1. The molecule has 0 radical (unpaired) electrons. The molecule has 0 spiro atoms.